The minimum absolute atomic E-state index is 0.117. The van der Waals surface area contributed by atoms with Gasteiger partial charge in [0.05, 0.1) is 13.3 Å². The van der Waals surface area contributed by atoms with Gasteiger partial charge in [0.1, 0.15) is 0 Å². The number of hydrogen-bond donors (Lipinski definition) is 1. The number of rotatable bonds is 5. The van der Waals surface area contributed by atoms with Gasteiger partial charge in [0.2, 0.25) is 0 Å². The molecule has 0 saturated heterocycles. The predicted octanol–water partition coefficient (Wildman–Crippen LogP) is 2.02. The molecule has 1 fully saturated rings. The van der Waals surface area contributed by atoms with Crippen LogP contribution in [0, 0.1) is 0 Å². The van der Waals surface area contributed by atoms with Crippen LogP contribution in [0.4, 0.5) is 4.39 Å². The second kappa shape index (κ2) is 5.55. The molecule has 0 heterocycles. The molecule has 0 amide bonds. The molecule has 2 nitrogen and oxygen atoms in total. The molecular weight excluding hydrogens is 169 g/mol. The van der Waals surface area contributed by atoms with E-state index in [0.717, 1.165) is 12.8 Å². The summed E-state index contributed by atoms with van der Waals surface area (Å²) in [6.45, 7) is 0.819. The van der Waals surface area contributed by atoms with Crippen LogP contribution in [0.3, 0.4) is 0 Å². The fraction of sp³-hybridized carbons (Fsp3) is 1.00. The lowest BCUT2D eigenvalue weighted by molar-refractivity contribution is 0.0639. The summed E-state index contributed by atoms with van der Waals surface area (Å²) in [7, 11) is 0. The summed E-state index contributed by atoms with van der Waals surface area (Å²) >= 11 is 0. The maximum Gasteiger partial charge on any atom is 0.0916 e. The maximum atomic E-state index is 11.7. The molecule has 0 aromatic rings. The fourth-order valence-corrected chi connectivity index (χ4v) is 1.83. The molecule has 1 aliphatic rings. The lowest BCUT2D eigenvalue weighted by Gasteiger charge is -2.32. The van der Waals surface area contributed by atoms with E-state index in [1.807, 2.05) is 0 Å². The van der Waals surface area contributed by atoms with E-state index in [-0.39, 0.29) is 12.2 Å². The van der Waals surface area contributed by atoms with Crippen molar-refractivity contribution in [2.24, 2.45) is 5.73 Å². The zero-order valence-electron chi connectivity index (χ0n) is 8.23. The van der Waals surface area contributed by atoms with E-state index in [9.17, 15) is 4.39 Å². The summed E-state index contributed by atoms with van der Waals surface area (Å²) in [6.07, 6.45) is 6.33. The molecule has 13 heavy (non-hydrogen) atoms. The number of alkyl halides is 1. The van der Waals surface area contributed by atoms with Crippen molar-refractivity contribution in [3.05, 3.63) is 0 Å². The predicted molar refractivity (Wildman–Crippen MR) is 51.4 cm³/mol. The molecule has 0 radical (unpaired) electrons. The highest BCUT2D eigenvalue weighted by molar-refractivity contribution is 4.86. The number of nitrogens with two attached hydrogens (primary N) is 1. The maximum absolute atomic E-state index is 11.7. The Morgan fingerprint density at radius 1 is 1.23 bits per heavy atom. The topological polar surface area (TPSA) is 35.2 Å². The summed E-state index contributed by atoms with van der Waals surface area (Å²) in [5.41, 5.74) is 6.01. The Morgan fingerprint density at radius 3 is 2.54 bits per heavy atom. The summed E-state index contributed by atoms with van der Waals surface area (Å²) in [4.78, 5) is 0. The Kier molecular flexibility index (Phi) is 4.67. The van der Waals surface area contributed by atoms with Crippen molar-refractivity contribution < 1.29 is 9.13 Å². The Bertz CT molecular complexity index is 135. The highest BCUT2D eigenvalue weighted by Crippen LogP contribution is 2.25. The van der Waals surface area contributed by atoms with E-state index in [0.29, 0.717) is 19.6 Å². The molecule has 2 N–H and O–H groups in total. The van der Waals surface area contributed by atoms with Gasteiger partial charge in [-0.2, -0.15) is 0 Å². The van der Waals surface area contributed by atoms with Gasteiger partial charge in [-0.15, -0.1) is 0 Å². The van der Waals surface area contributed by atoms with E-state index < -0.39 is 0 Å². The van der Waals surface area contributed by atoms with Gasteiger partial charge < -0.3 is 10.5 Å². The monoisotopic (exact) mass is 189 g/mol. The average Bonchev–Trinajstić information content (AvgIpc) is 2.14. The summed E-state index contributed by atoms with van der Waals surface area (Å²) in [6, 6.07) is 0. The van der Waals surface area contributed by atoms with Gasteiger partial charge in [0.25, 0.3) is 0 Å². The standard InChI is InChI=1S/C10H20FNO/c11-7-4-8-13-9-10(12)5-2-1-3-6-10/h1-9,12H2. The Balaban J connectivity index is 2.10. The average molecular weight is 189 g/mol. The highest BCUT2D eigenvalue weighted by atomic mass is 19.1. The van der Waals surface area contributed by atoms with Crippen molar-refractivity contribution in [1.82, 2.24) is 0 Å². The van der Waals surface area contributed by atoms with E-state index in [4.69, 9.17) is 10.5 Å². The number of hydrogen-bond acceptors (Lipinski definition) is 2. The van der Waals surface area contributed by atoms with Gasteiger partial charge in [0.15, 0.2) is 0 Å². The molecule has 0 aromatic heterocycles. The van der Waals surface area contributed by atoms with Gasteiger partial charge in [-0.25, -0.2) is 0 Å². The smallest absolute Gasteiger partial charge is 0.0916 e. The van der Waals surface area contributed by atoms with Crippen molar-refractivity contribution in [2.75, 3.05) is 19.9 Å². The molecule has 0 aliphatic heterocycles. The van der Waals surface area contributed by atoms with Crippen molar-refractivity contribution in [3.63, 3.8) is 0 Å². The van der Waals surface area contributed by atoms with Crippen LogP contribution in [-0.2, 0) is 4.74 Å². The van der Waals surface area contributed by atoms with Crippen LogP contribution in [0.1, 0.15) is 38.5 Å². The molecule has 78 valence electrons. The molecule has 1 saturated carbocycles. The van der Waals surface area contributed by atoms with Crippen molar-refractivity contribution in [2.45, 2.75) is 44.1 Å². The molecule has 1 rings (SSSR count). The highest BCUT2D eigenvalue weighted by Gasteiger charge is 2.27. The molecule has 3 heteroatoms. The minimum Gasteiger partial charge on any atom is -0.379 e. The van der Waals surface area contributed by atoms with Crippen LogP contribution in [-0.4, -0.2) is 25.4 Å². The van der Waals surface area contributed by atoms with Crippen molar-refractivity contribution in [3.8, 4) is 0 Å². The molecule has 0 atom stereocenters. The molecule has 0 bridgehead atoms. The molecule has 1 aliphatic carbocycles. The van der Waals surface area contributed by atoms with Crippen LogP contribution in [0.25, 0.3) is 0 Å². The Labute approximate surface area is 79.6 Å². The largest absolute Gasteiger partial charge is 0.379 e. The van der Waals surface area contributed by atoms with Crippen LogP contribution < -0.4 is 5.73 Å². The van der Waals surface area contributed by atoms with E-state index >= 15 is 0 Å². The van der Waals surface area contributed by atoms with Crippen LogP contribution in [0.5, 0.6) is 0 Å². The van der Waals surface area contributed by atoms with Crippen molar-refractivity contribution >= 4 is 0 Å². The quantitative estimate of drug-likeness (QED) is 0.671. The Morgan fingerprint density at radius 2 is 1.92 bits per heavy atom. The van der Waals surface area contributed by atoms with Gasteiger partial charge >= 0.3 is 0 Å². The number of ether oxygens (including phenoxy) is 1. The first-order chi connectivity index (χ1) is 6.27. The fourth-order valence-electron chi connectivity index (χ4n) is 1.83. The zero-order chi connectivity index (χ0) is 9.57. The SMILES string of the molecule is NC1(COCCCF)CCCCC1. The third-order valence-corrected chi connectivity index (χ3v) is 2.66. The molecule has 0 aromatic carbocycles. The van der Waals surface area contributed by atoms with Crippen LogP contribution >= 0.6 is 0 Å². The van der Waals surface area contributed by atoms with Gasteiger partial charge in [-0.05, 0) is 19.3 Å². The molecular formula is C10H20FNO. The van der Waals surface area contributed by atoms with E-state index in [1.165, 1.54) is 19.3 Å². The third kappa shape index (κ3) is 4.05. The first kappa shape index (κ1) is 10.9. The Hall–Kier alpha value is -0.150. The van der Waals surface area contributed by atoms with E-state index in [2.05, 4.69) is 0 Å². The third-order valence-electron chi connectivity index (χ3n) is 2.66. The second-order valence-electron chi connectivity index (χ2n) is 4.02. The van der Waals surface area contributed by atoms with Gasteiger partial charge in [-0.3, -0.25) is 4.39 Å². The van der Waals surface area contributed by atoms with Gasteiger partial charge in [0, 0.05) is 12.1 Å². The first-order valence-electron chi connectivity index (χ1n) is 5.19. The van der Waals surface area contributed by atoms with E-state index in [1.54, 1.807) is 0 Å². The van der Waals surface area contributed by atoms with Gasteiger partial charge in [-0.1, -0.05) is 19.3 Å². The molecule has 0 spiro atoms. The lowest BCUT2D eigenvalue weighted by Crippen LogP contribution is -2.46. The molecule has 0 unspecified atom stereocenters. The normalized spacial score (nSPS) is 21.7. The summed E-state index contributed by atoms with van der Waals surface area (Å²) in [5.74, 6) is 0. The minimum atomic E-state index is -0.294. The van der Waals surface area contributed by atoms with Crippen molar-refractivity contribution in [1.29, 1.82) is 0 Å². The first-order valence-corrected chi connectivity index (χ1v) is 5.19. The second-order valence-corrected chi connectivity index (χ2v) is 4.02. The summed E-state index contributed by atoms with van der Waals surface area (Å²) in [5, 5.41) is 0. The van der Waals surface area contributed by atoms with Crippen LogP contribution in [0.2, 0.25) is 0 Å². The van der Waals surface area contributed by atoms with Crippen LogP contribution in [0.15, 0.2) is 0 Å². The zero-order valence-corrected chi connectivity index (χ0v) is 8.23. The lowest BCUT2D eigenvalue weighted by atomic mass is 9.83. The number of halogens is 1. The summed E-state index contributed by atoms with van der Waals surface area (Å²) < 4.78 is 17.1.